The highest BCUT2D eigenvalue weighted by Gasteiger charge is 2.31. The van der Waals surface area contributed by atoms with Crippen LogP contribution in [0, 0.1) is 5.92 Å². The van der Waals surface area contributed by atoms with Crippen molar-refractivity contribution in [1.29, 1.82) is 0 Å². The fourth-order valence-corrected chi connectivity index (χ4v) is 6.86. The van der Waals surface area contributed by atoms with Crippen molar-refractivity contribution in [3.8, 4) is 0 Å². The lowest BCUT2D eigenvalue weighted by Crippen LogP contribution is -2.42. The van der Waals surface area contributed by atoms with E-state index in [0.717, 1.165) is 16.3 Å². The largest absolute Gasteiger partial charge is 0.300 e. The van der Waals surface area contributed by atoms with Gasteiger partial charge in [-0.2, -0.15) is 0 Å². The summed E-state index contributed by atoms with van der Waals surface area (Å²) in [5.41, 5.74) is 1.15. The van der Waals surface area contributed by atoms with Gasteiger partial charge in [-0.05, 0) is 31.2 Å². The molecule has 0 atom stereocenters. The number of thioether (sulfide) groups is 1. The highest BCUT2D eigenvalue weighted by Crippen LogP contribution is 2.29. The first-order chi connectivity index (χ1) is 14.3. The smallest absolute Gasteiger partial charge is 0.229 e. The first kappa shape index (κ1) is 23.2. The van der Waals surface area contributed by atoms with Gasteiger partial charge in [0, 0.05) is 24.3 Å². The molecule has 0 saturated carbocycles. The van der Waals surface area contributed by atoms with Crippen molar-refractivity contribution in [3.63, 3.8) is 0 Å². The normalized spacial score (nSPS) is 16.1. The Hall–Kier alpha value is -1.49. The van der Waals surface area contributed by atoms with E-state index in [9.17, 15) is 13.2 Å². The number of nitrogens with zero attached hydrogens (tertiary/aromatic N) is 3. The number of sulfonamides is 1. The van der Waals surface area contributed by atoms with Crippen LogP contribution in [0.15, 0.2) is 34.7 Å². The van der Waals surface area contributed by atoms with Crippen LogP contribution in [0.2, 0.25) is 0 Å². The molecule has 0 radical (unpaired) electrons. The molecule has 1 N–H and O–H groups in total. The lowest BCUT2D eigenvalue weighted by Gasteiger charge is -2.30. The van der Waals surface area contributed by atoms with Crippen LogP contribution in [0.3, 0.4) is 0 Å². The van der Waals surface area contributed by atoms with Crippen LogP contribution < -0.4 is 5.32 Å². The number of nitrogens with one attached hydrogen (secondary N) is 1. The number of hydrogen-bond acceptors (Lipinski definition) is 7. The van der Waals surface area contributed by atoms with Crippen molar-refractivity contribution < 1.29 is 13.2 Å². The molecule has 1 aliphatic heterocycles. The summed E-state index contributed by atoms with van der Waals surface area (Å²) in [7, 11) is -3.29. The van der Waals surface area contributed by atoms with Gasteiger partial charge in [-0.15, -0.1) is 10.2 Å². The summed E-state index contributed by atoms with van der Waals surface area (Å²) in [6.45, 7) is 4.92. The molecule has 1 aromatic carbocycles. The second-order valence-corrected chi connectivity index (χ2v) is 12.5. The number of hydrogen-bond donors (Lipinski definition) is 1. The lowest BCUT2D eigenvalue weighted by atomic mass is 9.97. The summed E-state index contributed by atoms with van der Waals surface area (Å²) in [5.74, 6) is -0.168. The first-order valence-electron chi connectivity index (χ1n) is 10.2. The number of benzene rings is 1. The number of carbonyl (C=O) groups is 1. The topological polar surface area (TPSA) is 92.3 Å². The van der Waals surface area contributed by atoms with Gasteiger partial charge < -0.3 is 5.32 Å². The van der Waals surface area contributed by atoms with Gasteiger partial charge in [-0.3, -0.25) is 4.79 Å². The molecule has 0 bridgehead atoms. The van der Waals surface area contributed by atoms with Gasteiger partial charge in [0.15, 0.2) is 4.34 Å². The van der Waals surface area contributed by atoms with E-state index in [1.54, 1.807) is 11.8 Å². The standard InChI is InChI=1S/C20H28N4O3S3/c1-15(2)28-20-23-22-19(29-20)21-18(25)17-10-12-24(13-11-17)30(26,27)14-6-9-16-7-4-3-5-8-16/h3-5,7-8,15,17H,6,9-14H2,1-2H3,(H,21,22,25). The lowest BCUT2D eigenvalue weighted by molar-refractivity contribution is -0.120. The van der Waals surface area contributed by atoms with Gasteiger partial charge in [0.2, 0.25) is 21.1 Å². The Balaban J connectivity index is 1.44. The van der Waals surface area contributed by atoms with Crippen LogP contribution in [-0.2, 0) is 21.2 Å². The van der Waals surface area contributed by atoms with E-state index in [0.29, 0.717) is 42.7 Å². The molecule has 2 heterocycles. The molecular formula is C20H28N4O3S3. The third-order valence-electron chi connectivity index (χ3n) is 4.90. The zero-order valence-corrected chi connectivity index (χ0v) is 19.7. The zero-order valence-electron chi connectivity index (χ0n) is 17.3. The Morgan fingerprint density at radius 2 is 1.93 bits per heavy atom. The van der Waals surface area contributed by atoms with Gasteiger partial charge in [-0.1, -0.05) is 67.3 Å². The quantitative estimate of drug-likeness (QED) is 0.446. The molecule has 0 aliphatic carbocycles. The van der Waals surface area contributed by atoms with Crippen LogP contribution >= 0.6 is 23.1 Å². The number of rotatable bonds is 9. The fraction of sp³-hybridized carbons (Fsp3) is 0.550. The Kier molecular flexibility index (Phi) is 8.27. The van der Waals surface area contributed by atoms with E-state index in [4.69, 9.17) is 0 Å². The van der Waals surface area contributed by atoms with Gasteiger partial charge >= 0.3 is 0 Å². The molecule has 1 saturated heterocycles. The molecule has 0 unspecified atom stereocenters. The number of carbonyl (C=O) groups excluding carboxylic acids is 1. The predicted molar refractivity (Wildman–Crippen MR) is 122 cm³/mol. The Morgan fingerprint density at radius 3 is 2.60 bits per heavy atom. The molecule has 1 fully saturated rings. The number of anilines is 1. The van der Waals surface area contributed by atoms with Crippen LogP contribution in [-0.4, -0.2) is 52.9 Å². The maximum atomic E-state index is 12.6. The van der Waals surface area contributed by atoms with Crippen LogP contribution in [0.1, 0.15) is 38.7 Å². The zero-order chi connectivity index (χ0) is 21.6. The summed E-state index contributed by atoms with van der Waals surface area (Å²) in [4.78, 5) is 12.5. The van der Waals surface area contributed by atoms with E-state index in [2.05, 4.69) is 29.4 Å². The highest BCUT2D eigenvalue weighted by molar-refractivity contribution is 8.01. The number of aromatic nitrogens is 2. The highest BCUT2D eigenvalue weighted by atomic mass is 32.2. The summed E-state index contributed by atoms with van der Waals surface area (Å²) in [6, 6.07) is 9.91. The third-order valence-corrected chi connectivity index (χ3v) is 8.78. The molecule has 1 amide bonds. The minimum absolute atomic E-state index is 0.103. The number of amides is 1. The molecule has 1 aromatic heterocycles. The molecular weight excluding hydrogens is 440 g/mol. The SMILES string of the molecule is CC(C)Sc1nnc(NC(=O)C2CCN(S(=O)(=O)CCCc3ccccc3)CC2)s1. The molecule has 3 rings (SSSR count). The molecule has 2 aromatic rings. The third kappa shape index (κ3) is 6.76. The average Bonchev–Trinajstić information content (AvgIpc) is 3.14. The predicted octanol–water partition coefficient (Wildman–Crippen LogP) is 3.65. The fourth-order valence-electron chi connectivity index (χ4n) is 3.35. The molecule has 10 heteroatoms. The van der Waals surface area contributed by atoms with Gasteiger partial charge in [-0.25, -0.2) is 12.7 Å². The molecule has 30 heavy (non-hydrogen) atoms. The summed E-state index contributed by atoms with van der Waals surface area (Å²) in [6.07, 6.45) is 2.39. The number of piperidine rings is 1. The van der Waals surface area contributed by atoms with E-state index >= 15 is 0 Å². The van der Waals surface area contributed by atoms with Crippen molar-refractivity contribution in [2.24, 2.45) is 5.92 Å². The van der Waals surface area contributed by atoms with E-state index in [-0.39, 0.29) is 17.6 Å². The average molecular weight is 469 g/mol. The minimum Gasteiger partial charge on any atom is -0.300 e. The maximum Gasteiger partial charge on any atom is 0.229 e. The summed E-state index contributed by atoms with van der Waals surface area (Å²) >= 11 is 2.98. The summed E-state index contributed by atoms with van der Waals surface area (Å²) < 4.78 is 27.6. The minimum atomic E-state index is -3.29. The number of aryl methyl sites for hydroxylation is 1. The van der Waals surface area contributed by atoms with E-state index in [1.165, 1.54) is 15.6 Å². The van der Waals surface area contributed by atoms with Crippen molar-refractivity contribution in [3.05, 3.63) is 35.9 Å². The van der Waals surface area contributed by atoms with Crippen LogP contribution in [0.4, 0.5) is 5.13 Å². The molecule has 7 nitrogen and oxygen atoms in total. The van der Waals surface area contributed by atoms with Crippen molar-refractivity contribution in [1.82, 2.24) is 14.5 Å². The molecule has 1 aliphatic rings. The van der Waals surface area contributed by atoms with Gasteiger partial charge in [0.05, 0.1) is 5.75 Å². The van der Waals surface area contributed by atoms with E-state index < -0.39 is 10.0 Å². The van der Waals surface area contributed by atoms with Crippen LogP contribution in [0.25, 0.3) is 0 Å². The Morgan fingerprint density at radius 1 is 1.23 bits per heavy atom. The van der Waals surface area contributed by atoms with Crippen LogP contribution in [0.5, 0.6) is 0 Å². The second kappa shape index (κ2) is 10.7. The van der Waals surface area contributed by atoms with Crippen molar-refractivity contribution in [2.75, 3.05) is 24.2 Å². The molecule has 0 spiro atoms. The molecule has 164 valence electrons. The maximum absolute atomic E-state index is 12.6. The van der Waals surface area contributed by atoms with E-state index in [1.807, 2.05) is 30.3 Å². The Labute approximate surface area is 186 Å². The van der Waals surface area contributed by atoms with Gasteiger partial charge in [0.25, 0.3) is 0 Å². The first-order valence-corrected chi connectivity index (χ1v) is 13.5. The second-order valence-electron chi connectivity index (χ2n) is 7.61. The Bertz CT molecular complexity index is 924. The van der Waals surface area contributed by atoms with Gasteiger partial charge in [0.1, 0.15) is 0 Å². The monoisotopic (exact) mass is 468 g/mol. The van der Waals surface area contributed by atoms with Crippen molar-refractivity contribution >= 4 is 44.2 Å². The summed E-state index contributed by atoms with van der Waals surface area (Å²) in [5, 5.41) is 11.8. The van der Waals surface area contributed by atoms with Crippen molar-refractivity contribution in [2.45, 2.75) is 49.1 Å².